The average molecular weight is 823 g/mol. The second-order valence-corrected chi connectivity index (χ2v) is 13.3. The lowest BCUT2D eigenvalue weighted by Crippen LogP contribution is -2.05. The van der Waals surface area contributed by atoms with Crippen LogP contribution in [0.1, 0.15) is 31.8 Å². The molecule has 16 nitrogen and oxygen atoms in total. The van der Waals surface area contributed by atoms with E-state index in [2.05, 4.69) is 30.6 Å². The molecule has 16 heteroatoms. The molecule has 61 heavy (non-hydrogen) atoms. The Morgan fingerprint density at radius 2 is 0.984 bits per heavy atom. The lowest BCUT2D eigenvalue weighted by Gasteiger charge is -2.10. The molecule has 0 bridgehead atoms. The van der Waals surface area contributed by atoms with Crippen molar-refractivity contribution in [3.63, 3.8) is 0 Å². The highest BCUT2D eigenvalue weighted by molar-refractivity contribution is 5.89. The van der Waals surface area contributed by atoms with E-state index in [9.17, 15) is 9.59 Å². The van der Waals surface area contributed by atoms with Crippen LogP contribution in [0, 0.1) is 0 Å². The van der Waals surface area contributed by atoms with Gasteiger partial charge in [0.2, 0.25) is 0 Å². The van der Waals surface area contributed by atoms with Gasteiger partial charge in [-0.15, -0.1) is 0 Å². The molecule has 0 radical (unpaired) electrons. The molecule has 0 fully saturated rings. The lowest BCUT2D eigenvalue weighted by atomic mass is 10.1. The van der Waals surface area contributed by atoms with Crippen LogP contribution in [-0.2, 0) is 17.8 Å². The first kappa shape index (κ1) is 41.0. The average Bonchev–Trinajstić information content (AvgIpc) is 3.96. The van der Waals surface area contributed by atoms with Gasteiger partial charge in [0.25, 0.3) is 0 Å². The van der Waals surface area contributed by atoms with Gasteiger partial charge in [0, 0.05) is 49.0 Å². The van der Waals surface area contributed by atoms with Crippen molar-refractivity contribution in [2.45, 2.75) is 13.1 Å². The highest BCUT2D eigenvalue weighted by Gasteiger charge is 2.15. The highest BCUT2D eigenvalue weighted by Crippen LogP contribution is 2.34. The van der Waals surface area contributed by atoms with Crippen LogP contribution in [0.2, 0.25) is 0 Å². The van der Waals surface area contributed by atoms with Crippen LogP contribution in [0.4, 0.5) is 11.6 Å². The third-order valence-corrected chi connectivity index (χ3v) is 9.71. The molecule has 0 aliphatic carbocycles. The van der Waals surface area contributed by atoms with Crippen molar-refractivity contribution in [3.05, 3.63) is 144 Å². The van der Waals surface area contributed by atoms with Gasteiger partial charge in [-0.2, -0.15) is 0 Å². The van der Waals surface area contributed by atoms with Crippen LogP contribution in [0.5, 0.6) is 23.0 Å². The van der Waals surface area contributed by atoms with Crippen LogP contribution < -0.4 is 29.6 Å². The van der Waals surface area contributed by atoms with Gasteiger partial charge in [-0.1, -0.05) is 24.3 Å². The maximum absolute atomic E-state index is 11.6. The number of carbonyl (C=O) groups excluding carboxylic acids is 1. The number of aromatic nitrogens is 6. The number of benzene rings is 4. The SMILES string of the molecule is COC(=O)c1ccc(CNc2nccn3c(-c4ccc(OC)c(OC)c4)cnc23)cc1.COc1ccc(-c2cnc3c(NCc4ccc(C(=O)O)cc4)nccn23)cc1OC. The normalized spacial score (nSPS) is 10.7. The lowest BCUT2D eigenvalue weighted by molar-refractivity contribution is 0.0599. The van der Waals surface area contributed by atoms with E-state index in [-0.39, 0.29) is 11.5 Å². The van der Waals surface area contributed by atoms with Gasteiger partial charge < -0.3 is 39.4 Å². The number of ether oxygens (including phenoxy) is 5. The molecular weight excluding hydrogens is 781 g/mol. The van der Waals surface area contributed by atoms with E-state index in [0.717, 1.165) is 33.6 Å². The molecule has 0 saturated carbocycles. The van der Waals surface area contributed by atoms with E-state index < -0.39 is 5.97 Å². The maximum Gasteiger partial charge on any atom is 0.337 e. The number of nitrogens with zero attached hydrogens (tertiary/aromatic N) is 6. The molecule has 3 N–H and O–H groups in total. The van der Waals surface area contributed by atoms with E-state index in [1.165, 1.54) is 7.11 Å². The zero-order chi connectivity index (χ0) is 42.9. The molecule has 4 aromatic heterocycles. The second kappa shape index (κ2) is 18.6. The minimum Gasteiger partial charge on any atom is -0.493 e. The van der Waals surface area contributed by atoms with Gasteiger partial charge in [0.05, 0.1) is 70.5 Å². The zero-order valence-corrected chi connectivity index (χ0v) is 33.9. The van der Waals surface area contributed by atoms with E-state index in [0.29, 0.717) is 64.6 Å². The summed E-state index contributed by atoms with van der Waals surface area (Å²) in [5.74, 6) is 2.61. The summed E-state index contributed by atoms with van der Waals surface area (Å²) >= 11 is 0. The summed E-state index contributed by atoms with van der Waals surface area (Å²) in [5.41, 5.74) is 7.78. The number of carbonyl (C=O) groups is 2. The number of rotatable bonds is 14. The Morgan fingerprint density at radius 3 is 1.38 bits per heavy atom. The summed E-state index contributed by atoms with van der Waals surface area (Å²) < 4.78 is 30.1. The summed E-state index contributed by atoms with van der Waals surface area (Å²) in [5, 5.41) is 15.6. The molecule has 310 valence electrons. The Morgan fingerprint density at radius 1 is 0.557 bits per heavy atom. The molecule has 8 aromatic rings. The number of nitrogens with one attached hydrogen (secondary N) is 2. The third-order valence-electron chi connectivity index (χ3n) is 9.71. The second-order valence-electron chi connectivity index (χ2n) is 13.3. The fourth-order valence-electron chi connectivity index (χ4n) is 6.52. The fourth-order valence-corrected chi connectivity index (χ4v) is 6.52. The predicted molar refractivity (Wildman–Crippen MR) is 229 cm³/mol. The number of hydrogen-bond acceptors (Lipinski definition) is 13. The first-order valence-corrected chi connectivity index (χ1v) is 18.8. The van der Waals surface area contributed by atoms with Crippen LogP contribution in [0.3, 0.4) is 0 Å². The first-order chi connectivity index (χ1) is 29.7. The van der Waals surface area contributed by atoms with Gasteiger partial charge in [-0.05, 0) is 71.8 Å². The molecule has 4 aromatic carbocycles. The molecule has 8 rings (SSSR count). The van der Waals surface area contributed by atoms with Gasteiger partial charge >= 0.3 is 11.9 Å². The predicted octanol–water partition coefficient (Wildman–Crippen LogP) is 7.54. The summed E-state index contributed by atoms with van der Waals surface area (Å²) in [6.07, 6.45) is 10.7. The summed E-state index contributed by atoms with van der Waals surface area (Å²) in [4.78, 5) is 40.5. The minimum atomic E-state index is -0.943. The Labute approximate surface area is 350 Å². The topological polar surface area (TPSA) is 185 Å². The largest absolute Gasteiger partial charge is 0.493 e. The summed E-state index contributed by atoms with van der Waals surface area (Å²) in [7, 11) is 7.79. The molecule has 0 spiro atoms. The van der Waals surface area contributed by atoms with Crippen molar-refractivity contribution in [1.82, 2.24) is 28.7 Å². The number of fused-ring (bicyclic) bond motifs is 2. The minimum absolute atomic E-state index is 0.256. The first-order valence-electron chi connectivity index (χ1n) is 18.8. The molecule has 0 amide bonds. The Balaban J connectivity index is 0.000000184. The van der Waals surface area contributed by atoms with Gasteiger partial charge in [-0.3, -0.25) is 8.80 Å². The van der Waals surface area contributed by atoms with Crippen molar-refractivity contribution in [3.8, 4) is 45.5 Å². The Hall–Kier alpha value is -8.14. The standard InChI is InChI=1S/C23H22N4O4.C22H20N4O4/c1-29-19-9-8-17(12-20(19)30-2)18-14-26-22-21(24-10-11-27(18)22)25-13-15-4-6-16(7-5-15)23(28)31-3;1-29-18-8-7-16(11-19(18)30-2)17-13-25-21-20(23-9-10-26(17)21)24-12-14-3-5-15(6-4-14)22(27)28/h4-12,14H,13H2,1-3H3,(H,24,25);3-11,13H,12H2,1-2H3,(H,23,24)(H,27,28). The number of methoxy groups -OCH3 is 5. The zero-order valence-electron chi connectivity index (χ0n) is 33.9. The molecule has 0 atom stereocenters. The highest BCUT2D eigenvalue weighted by atomic mass is 16.5. The maximum atomic E-state index is 11.6. The van der Waals surface area contributed by atoms with E-state index in [1.807, 2.05) is 69.7 Å². The molecule has 0 saturated heterocycles. The number of imidazole rings is 2. The summed E-state index contributed by atoms with van der Waals surface area (Å²) in [6.45, 7) is 1.03. The van der Waals surface area contributed by atoms with Gasteiger partial charge in [0.15, 0.2) is 45.9 Å². The van der Waals surface area contributed by atoms with Crippen molar-refractivity contribution < 1.29 is 38.4 Å². The quantitative estimate of drug-likeness (QED) is 0.0914. The Kier molecular flexibility index (Phi) is 12.5. The fraction of sp³-hybridized carbons (Fsp3) is 0.156. The molecule has 0 unspecified atom stereocenters. The number of aromatic carboxylic acids is 1. The van der Waals surface area contributed by atoms with Crippen LogP contribution >= 0.6 is 0 Å². The number of hydrogen-bond donors (Lipinski definition) is 3. The van der Waals surface area contributed by atoms with Crippen molar-refractivity contribution in [2.75, 3.05) is 46.2 Å². The van der Waals surface area contributed by atoms with Crippen LogP contribution in [-0.4, -0.2) is 81.3 Å². The Bertz CT molecular complexity index is 2800. The van der Waals surface area contributed by atoms with E-state index in [1.54, 1.807) is 89.6 Å². The van der Waals surface area contributed by atoms with E-state index in [4.69, 9.17) is 28.8 Å². The third kappa shape index (κ3) is 8.97. The van der Waals surface area contributed by atoms with E-state index >= 15 is 0 Å². The molecular formula is C45H42N8O8. The van der Waals surface area contributed by atoms with Crippen molar-refractivity contribution in [2.24, 2.45) is 0 Å². The van der Waals surface area contributed by atoms with Crippen LogP contribution in [0.25, 0.3) is 33.8 Å². The smallest absolute Gasteiger partial charge is 0.337 e. The number of anilines is 2. The number of carboxylic acid groups (broad SMARTS) is 1. The molecule has 0 aliphatic rings. The number of esters is 1. The van der Waals surface area contributed by atoms with Crippen molar-refractivity contribution in [1.29, 1.82) is 0 Å². The van der Waals surface area contributed by atoms with Crippen molar-refractivity contribution >= 4 is 34.9 Å². The number of carboxylic acids is 1. The molecule has 4 heterocycles. The van der Waals surface area contributed by atoms with Crippen LogP contribution in [0.15, 0.2) is 122 Å². The monoisotopic (exact) mass is 822 g/mol. The molecule has 0 aliphatic heterocycles. The van der Waals surface area contributed by atoms with Gasteiger partial charge in [-0.25, -0.2) is 29.5 Å². The van der Waals surface area contributed by atoms with Gasteiger partial charge in [0.1, 0.15) is 0 Å². The summed E-state index contributed by atoms with van der Waals surface area (Å²) in [6, 6.07) is 25.4.